The van der Waals surface area contributed by atoms with Crippen molar-refractivity contribution >= 4 is 22.7 Å². The van der Waals surface area contributed by atoms with Crippen molar-refractivity contribution in [1.82, 2.24) is 24.3 Å². The van der Waals surface area contributed by atoms with Gasteiger partial charge in [-0.1, -0.05) is 18.2 Å². The first-order chi connectivity index (χ1) is 15.0. The number of amides is 2. The number of likely N-dealkylation sites (N-methyl/N-ethyl adjacent to an activating group) is 1. The Balaban J connectivity index is 1.66. The lowest BCUT2D eigenvalue weighted by molar-refractivity contribution is -0.0251. The van der Waals surface area contributed by atoms with Crippen LogP contribution in [0.5, 0.6) is 0 Å². The molecule has 9 heteroatoms. The van der Waals surface area contributed by atoms with Crippen molar-refractivity contribution in [3.05, 3.63) is 59.8 Å². The minimum atomic E-state index is -0.461. The van der Waals surface area contributed by atoms with Crippen molar-refractivity contribution in [3.8, 4) is 0 Å². The van der Waals surface area contributed by atoms with E-state index in [9.17, 15) is 14.7 Å². The molecule has 1 N–H and O–H groups in total. The molecule has 1 fully saturated rings. The molecule has 0 spiro atoms. The van der Waals surface area contributed by atoms with Gasteiger partial charge in [0.15, 0.2) is 5.82 Å². The monoisotopic (exact) mass is 423 g/mol. The summed E-state index contributed by atoms with van der Waals surface area (Å²) in [5, 5.41) is 9.95. The van der Waals surface area contributed by atoms with E-state index in [-0.39, 0.29) is 25.0 Å². The van der Waals surface area contributed by atoms with Crippen molar-refractivity contribution in [2.24, 2.45) is 7.05 Å². The van der Waals surface area contributed by atoms with Crippen LogP contribution in [0.4, 0.5) is 0 Å². The average Bonchev–Trinajstić information content (AvgIpc) is 3.23. The molecule has 0 bridgehead atoms. The third kappa shape index (κ3) is 4.14. The summed E-state index contributed by atoms with van der Waals surface area (Å²) >= 11 is 0. The number of aryl methyl sites for hydroxylation is 1. The van der Waals surface area contributed by atoms with Crippen molar-refractivity contribution in [3.63, 3.8) is 0 Å². The van der Waals surface area contributed by atoms with Gasteiger partial charge in [0.2, 0.25) is 0 Å². The largest absolute Gasteiger partial charge is 0.395 e. The van der Waals surface area contributed by atoms with Gasteiger partial charge in [-0.2, -0.15) is 0 Å². The fraction of sp³-hybridized carbons (Fsp3) is 0.364. The fourth-order valence-electron chi connectivity index (χ4n) is 3.72. The van der Waals surface area contributed by atoms with Crippen LogP contribution in [0.1, 0.15) is 32.8 Å². The molecule has 1 aromatic carbocycles. The maximum Gasteiger partial charge on any atom is 0.290 e. The lowest BCUT2D eigenvalue weighted by Crippen LogP contribution is -2.43. The van der Waals surface area contributed by atoms with Gasteiger partial charge in [0.25, 0.3) is 11.8 Å². The fourth-order valence-corrected chi connectivity index (χ4v) is 3.72. The Bertz CT molecular complexity index is 1110. The predicted octanol–water partition coefficient (Wildman–Crippen LogP) is 1.25. The molecule has 1 unspecified atom stereocenters. The van der Waals surface area contributed by atoms with Gasteiger partial charge in [-0.15, -0.1) is 0 Å². The third-order valence-electron chi connectivity index (χ3n) is 5.44. The van der Waals surface area contributed by atoms with E-state index in [2.05, 4.69) is 4.98 Å². The highest BCUT2D eigenvalue weighted by Crippen LogP contribution is 2.27. The summed E-state index contributed by atoms with van der Waals surface area (Å²) in [5.41, 5.74) is 1.77. The van der Waals surface area contributed by atoms with Gasteiger partial charge in [0.1, 0.15) is 6.10 Å². The Morgan fingerprint density at radius 3 is 2.87 bits per heavy atom. The molecule has 31 heavy (non-hydrogen) atoms. The molecule has 1 aliphatic heterocycles. The van der Waals surface area contributed by atoms with Gasteiger partial charge in [-0.3, -0.25) is 9.59 Å². The van der Waals surface area contributed by atoms with E-state index in [0.717, 1.165) is 5.39 Å². The number of aliphatic hydroxyl groups excluding tert-OH is 1. The second-order valence-corrected chi connectivity index (χ2v) is 7.53. The number of carbonyl (C=O) groups excluding carboxylic acids is 2. The van der Waals surface area contributed by atoms with Crippen LogP contribution in [-0.2, 0) is 11.8 Å². The molecule has 1 saturated heterocycles. The molecule has 4 rings (SSSR count). The Labute approximate surface area is 179 Å². The van der Waals surface area contributed by atoms with Gasteiger partial charge >= 0.3 is 0 Å². The number of rotatable bonds is 5. The van der Waals surface area contributed by atoms with Crippen LogP contribution >= 0.6 is 0 Å². The third-order valence-corrected chi connectivity index (χ3v) is 5.44. The number of aromatic nitrogens is 3. The molecule has 1 atom stereocenters. The molecule has 162 valence electrons. The summed E-state index contributed by atoms with van der Waals surface area (Å²) < 4.78 is 7.62. The van der Waals surface area contributed by atoms with Gasteiger partial charge in [0, 0.05) is 45.0 Å². The molecule has 0 radical (unpaired) electrons. The van der Waals surface area contributed by atoms with Crippen LogP contribution in [0.3, 0.4) is 0 Å². The number of aliphatic hydroxyl groups is 1. The van der Waals surface area contributed by atoms with Crippen molar-refractivity contribution < 1.29 is 19.4 Å². The smallest absolute Gasteiger partial charge is 0.290 e. The highest BCUT2D eigenvalue weighted by molar-refractivity contribution is 6.06. The number of hydrogen-bond acceptors (Lipinski definition) is 6. The Morgan fingerprint density at radius 2 is 2.13 bits per heavy atom. The Hall–Kier alpha value is -3.30. The zero-order valence-corrected chi connectivity index (χ0v) is 17.6. The second-order valence-electron chi connectivity index (χ2n) is 7.53. The van der Waals surface area contributed by atoms with E-state index in [0.29, 0.717) is 42.3 Å². The van der Waals surface area contributed by atoms with Gasteiger partial charge in [-0.05, 0) is 12.1 Å². The lowest BCUT2D eigenvalue weighted by atomic mass is 10.0. The number of benzene rings is 1. The highest BCUT2D eigenvalue weighted by Gasteiger charge is 2.30. The predicted molar refractivity (Wildman–Crippen MR) is 114 cm³/mol. The first-order valence-corrected chi connectivity index (χ1v) is 10.1. The normalized spacial score (nSPS) is 16.5. The van der Waals surface area contributed by atoms with Crippen LogP contribution in [0, 0.1) is 0 Å². The topological polar surface area (TPSA) is 101 Å². The van der Waals surface area contributed by atoms with E-state index >= 15 is 0 Å². The number of ether oxygens (including phenoxy) is 1. The molecule has 1 aliphatic rings. The van der Waals surface area contributed by atoms with Gasteiger partial charge in [0.05, 0.1) is 36.5 Å². The number of carbonyl (C=O) groups is 2. The Kier molecular flexibility index (Phi) is 5.97. The molecule has 2 aromatic heterocycles. The van der Waals surface area contributed by atoms with Crippen LogP contribution in [0.15, 0.2) is 42.7 Å². The summed E-state index contributed by atoms with van der Waals surface area (Å²) in [7, 11) is 3.43. The summed E-state index contributed by atoms with van der Waals surface area (Å²) in [5.74, 6) is -0.000152. The highest BCUT2D eigenvalue weighted by atomic mass is 16.5. The minimum Gasteiger partial charge on any atom is -0.395 e. The van der Waals surface area contributed by atoms with Crippen molar-refractivity contribution in [1.29, 1.82) is 0 Å². The number of nitrogens with zero attached hydrogens (tertiary/aromatic N) is 5. The molecular formula is C22H25N5O4. The quantitative estimate of drug-likeness (QED) is 0.663. The lowest BCUT2D eigenvalue weighted by Gasteiger charge is -2.32. The average molecular weight is 423 g/mol. The summed E-state index contributed by atoms with van der Waals surface area (Å²) in [6, 6.07) is 9.16. The zero-order chi connectivity index (χ0) is 22.0. The van der Waals surface area contributed by atoms with E-state index in [1.807, 2.05) is 24.3 Å². The molecule has 2 amide bonds. The number of para-hydroxylation sites is 1. The molecule has 3 aromatic rings. The summed E-state index contributed by atoms with van der Waals surface area (Å²) in [4.78, 5) is 38.0. The number of hydrogen-bond donors (Lipinski definition) is 1. The Morgan fingerprint density at radius 1 is 1.32 bits per heavy atom. The standard InChI is InChI=1S/C22H25N5O4/c1-25-8-7-23-20(25)22(30)27-10-12-31-19(14-27)18-13-16(21(29)26(2)9-11-28)15-5-3-4-6-17(15)24-18/h3-8,13,19,28H,9-12,14H2,1-2H3. The van der Waals surface area contributed by atoms with E-state index in [4.69, 9.17) is 9.72 Å². The van der Waals surface area contributed by atoms with Gasteiger partial charge < -0.3 is 24.2 Å². The van der Waals surface area contributed by atoms with E-state index in [1.165, 1.54) is 4.90 Å². The maximum atomic E-state index is 13.0. The number of pyridine rings is 1. The van der Waals surface area contributed by atoms with Crippen molar-refractivity contribution in [2.45, 2.75) is 6.10 Å². The van der Waals surface area contributed by atoms with E-state index < -0.39 is 6.10 Å². The minimum absolute atomic E-state index is 0.117. The molecular weight excluding hydrogens is 398 g/mol. The summed E-state index contributed by atoms with van der Waals surface area (Å²) in [6.45, 7) is 1.26. The zero-order valence-electron chi connectivity index (χ0n) is 17.6. The first-order valence-electron chi connectivity index (χ1n) is 10.1. The van der Waals surface area contributed by atoms with Gasteiger partial charge in [-0.25, -0.2) is 9.97 Å². The number of fused-ring (bicyclic) bond motifs is 1. The first kappa shape index (κ1) is 21.0. The second kappa shape index (κ2) is 8.83. The molecule has 3 heterocycles. The number of morpholine rings is 1. The van der Waals surface area contributed by atoms with Crippen LogP contribution in [0.25, 0.3) is 10.9 Å². The van der Waals surface area contributed by atoms with Crippen LogP contribution in [-0.4, -0.2) is 81.2 Å². The molecule has 9 nitrogen and oxygen atoms in total. The molecule has 0 saturated carbocycles. The maximum absolute atomic E-state index is 13.0. The number of imidazole rings is 1. The molecule has 0 aliphatic carbocycles. The summed E-state index contributed by atoms with van der Waals surface area (Å²) in [6.07, 6.45) is 2.87. The van der Waals surface area contributed by atoms with Crippen LogP contribution in [0.2, 0.25) is 0 Å². The SMILES string of the molecule is CN(CCO)C(=O)c1cc(C2CN(C(=O)c3nccn3C)CCO2)nc2ccccc12. The van der Waals surface area contributed by atoms with Crippen molar-refractivity contribution in [2.75, 3.05) is 39.9 Å². The van der Waals surface area contributed by atoms with E-state index in [1.54, 1.807) is 42.0 Å². The van der Waals surface area contributed by atoms with Crippen LogP contribution < -0.4 is 0 Å².